The minimum absolute atomic E-state index is 0.0380. The zero-order valence-corrected chi connectivity index (χ0v) is 14.0. The summed E-state index contributed by atoms with van der Waals surface area (Å²) in [5.74, 6) is 0.0380. The van der Waals surface area contributed by atoms with Crippen LogP contribution in [0.15, 0.2) is 45.9 Å². The van der Waals surface area contributed by atoms with Gasteiger partial charge in [0.05, 0.1) is 11.0 Å². The summed E-state index contributed by atoms with van der Waals surface area (Å²) in [5, 5.41) is 4.04. The zero-order chi connectivity index (χ0) is 16.4. The molecule has 0 bridgehead atoms. The van der Waals surface area contributed by atoms with Crippen molar-refractivity contribution in [1.82, 2.24) is 14.0 Å². The summed E-state index contributed by atoms with van der Waals surface area (Å²) in [6, 6.07) is 9.66. The molecule has 0 saturated carbocycles. The van der Waals surface area contributed by atoms with Crippen molar-refractivity contribution >= 4 is 28.3 Å². The molecule has 1 amide bonds. The van der Waals surface area contributed by atoms with Crippen LogP contribution < -0.4 is 5.69 Å². The lowest BCUT2D eigenvalue weighted by atomic mass is 10.3. The van der Waals surface area contributed by atoms with E-state index in [1.807, 2.05) is 41.1 Å². The van der Waals surface area contributed by atoms with E-state index in [1.54, 1.807) is 39.5 Å². The highest BCUT2D eigenvalue weighted by atomic mass is 32.1. The van der Waals surface area contributed by atoms with Crippen LogP contribution in [-0.4, -0.2) is 27.0 Å². The molecule has 120 valence electrons. The largest absolute Gasteiger partial charge is 0.341 e. The molecular weight excluding hydrogens is 310 g/mol. The summed E-state index contributed by atoms with van der Waals surface area (Å²) in [6.07, 6.45) is 0.314. The molecular formula is C17H19N3O2S. The van der Waals surface area contributed by atoms with E-state index < -0.39 is 0 Å². The van der Waals surface area contributed by atoms with Crippen LogP contribution in [0.2, 0.25) is 0 Å². The Morgan fingerprint density at radius 1 is 1.22 bits per heavy atom. The molecule has 23 heavy (non-hydrogen) atoms. The zero-order valence-electron chi connectivity index (χ0n) is 13.2. The lowest BCUT2D eigenvalue weighted by Gasteiger charge is -2.16. The van der Waals surface area contributed by atoms with Crippen molar-refractivity contribution in [2.24, 2.45) is 7.05 Å². The third-order valence-electron chi connectivity index (χ3n) is 4.03. The van der Waals surface area contributed by atoms with Crippen LogP contribution in [-0.2, 0) is 24.9 Å². The van der Waals surface area contributed by atoms with E-state index >= 15 is 0 Å². The molecule has 0 aliphatic heterocycles. The lowest BCUT2D eigenvalue weighted by molar-refractivity contribution is -0.130. The number of aromatic nitrogens is 2. The summed E-state index contributed by atoms with van der Waals surface area (Å²) < 4.78 is 3.29. The van der Waals surface area contributed by atoms with E-state index in [0.717, 1.165) is 16.6 Å². The fourth-order valence-electron chi connectivity index (χ4n) is 2.72. The topological polar surface area (TPSA) is 47.2 Å². The maximum Gasteiger partial charge on any atom is 0.328 e. The molecule has 0 aliphatic carbocycles. The summed E-state index contributed by atoms with van der Waals surface area (Å²) in [7, 11) is 3.55. The number of aryl methyl sites for hydroxylation is 2. The van der Waals surface area contributed by atoms with E-state index in [2.05, 4.69) is 0 Å². The highest BCUT2D eigenvalue weighted by Crippen LogP contribution is 2.13. The van der Waals surface area contributed by atoms with Gasteiger partial charge in [-0.1, -0.05) is 12.1 Å². The first-order chi connectivity index (χ1) is 11.1. The number of fused-ring (bicyclic) bond motifs is 1. The van der Waals surface area contributed by atoms with Crippen LogP contribution in [0.3, 0.4) is 0 Å². The molecule has 2 aromatic heterocycles. The Morgan fingerprint density at radius 2 is 1.96 bits per heavy atom. The number of thiophene rings is 1. The van der Waals surface area contributed by atoms with Crippen molar-refractivity contribution in [3.05, 3.63) is 57.1 Å². The molecule has 2 heterocycles. The van der Waals surface area contributed by atoms with E-state index in [1.165, 1.54) is 0 Å². The molecule has 0 radical (unpaired) electrons. The SMILES string of the molecule is CN(Cc1ccsc1)C(=O)CCn1c(=O)n(C)c2ccccc21. The number of carbonyl (C=O) groups is 1. The van der Waals surface area contributed by atoms with Crippen LogP contribution in [0, 0.1) is 0 Å². The van der Waals surface area contributed by atoms with Crippen molar-refractivity contribution in [1.29, 1.82) is 0 Å². The van der Waals surface area contributed by atoms with Gasteiger partial charge in [-0.2, -0.15) is 11.3 Å². The molecule has 0 unspecified atom stereocenters. The number of amides is 1. The molecule has 6 heteroatoms. The maximum atomic E-state index is 12.3. The average molecular weight is 329 g/mol. The standard InChI is InChI=1S/C17H19N3O2S/c1-18(11-13-8-10-23-12-13)16(21)7-9-20-15-6-4-3-5-14(15)19(2)17(20)22/h3-6,8,10,12H,7,9,11H2,1-2H3. The minimum atomic E-state index is -0.0838. The number of benzene rings is 1. The highest BCUT2D eigenvalue weighted by molar-refractivity contribution is 7.07. The summed E-state index contributed by atoms with van der Waals surface area (Å²) in [5.41, 5.74) is 2.80. The predicted octanol–water partition coefficient (Wildman–Crippen LogP) is 2.45. The molecule has 0 N–H and O–H groups in total. The third-order valence-corrected chi connectivity index (χ3v) is 4.76. The second-order valence-electron chi connectivity index (χ2n) is 5.61. The van der Waals surface area contributed by atoms with Crippen molar-refractivity contribution in [3.63, 3.8) is 0 Å². The van der Waals surface area contributed by atoms with Gasteiger partial charge in [0.1, 0.15) is 0 Å². The number of imidazole rings is 1. The van der Waals surface area contributed by atoms with Crippen molar-refractivity contribution < 1.29 is 4.79 Å². The first-order valence-electron chi connectivity index (χ1n) is 7.47. The first-order valence-corrected chi connectivity index (χ1v) is 8.41. The van der Waals surface area contributed by atoms with Gasteiger partial charge in [0.25, 0.3) is 0 Å². The van der Waals surface area contributed by atoms with Gasteiger partial charge in [-0.3, -0.25) is 13.9 Å². The van der Waals surface area contributed by atoms with E-state index in [-0.39, 0.29) is 11.6 Å². The predicted molar refractivity (Wildman–Crippen MR) is 92.6 cm³/mol. The van der Waals surface area contributed by atoms with Gasteiger partial charge < -0.3 is 4.90 Å². The highest BCUT2D eigenvalue weighted by Gasteiger charge is 2.14. The fourth-order valence-corrected chi connectivity index (χ4v) is 3.38. The Balaban J connectivity index is 1.72. The average Bonchev–Trinajstić information content (AvgIpc) is 3.14. The van der Waals surface area contributed by atoms with Crippen molar-refractivity contribution in [2.75, 3.05) is 7.05 Å². The van der Waals surface area contributed by atoms with Gasteiger partial charge in [-0.15, -0.1) is 0 Å². The van der Waals surface area contributed by atoms with Crippen molar-refractivity contribution in [2.45, 2.75) is 19.5 Å². The molecule has 1 aromatic carbocycles. The van der Waals surface area contributed by atoms with Gasteiger partial charge in [0.15, 0.2) is 0 Å². The van der Waals surface area contributed by atoms with Crippen LogP contribution in [0.1, 0.15) is 12.0 Å². The molecule has 3 aromatic rings. The molecule has 0 fully saturated rings. The summed E-state index contributed by atoms with van der Waals surface area (Å²) in [4.78, 5) is 26.3. The number of para-hydroxylation sites is 2. The van der Waals surface area contributed by atoms with Gasteiger partial charge >= 0.3 is 5.69 Å². The fraction of sp³-hybridized carbons (Fsp3) is 0.294. The molecule has 0 atom stereocenters. The minimum Gasteiger partial charge on any atom is -0.341 e. The van der Waals surface area contributed by atoms with Crippen LogP contribution >= 0.6 is 11.3 Å². The van der Waals surface area contributed by atoms with Gasteiger partial charge in [0, 0.05) is 33.6 Å². The maximum absolute atomic E-state index is 12.3. The van der Waals surface area contributed by atoms with E-state index in [0.29, 0.717) is 19.5 Å². The number of nitrogens with zero attached hydrogens (tertiary/aromatic N) is 3. The number of hydrogen-bond acceptors (Lipinski definition) is 3. The summed E-state index contributed by atoms with van der Waals surface area (Å²) >= 11 is 1.62. The Labute approximate surface area is 138 Å². The molecule has 0 saturated heterocycles. The quantitative estimate of drug-likeness (QED) is 0.722. The molecule has 0 aliphatic rings. The Hall–Kier alpha value is -2.34. The molecule has 3 rings (SSSR count). The van der Waals surface area contributed by atoms with E-state index in [4.69, 9.17) is 0 Å². The Bertz CT molecular complexity index is 877. The lowest BCUT2D eigenvalue weighted by Crippen LogP contribution is -2.29. The van der Waals surface area contributed by atoms with Gasteiger partial charge in [-0.25, -0.2) is 4.79 Å². The normalized spacial score (nSPS) is 11.0. The number of hydrogen-bond donors (Lipinski definition) is 0. The second-order valence-corrected chi connectivity index (χ2v) is 6.39. The van der Waals surface area contributed by atoms with Crippen LogP contribution in [0.25, 0.3) is 11.0 Å². The monoisotopic (exact) mass is 329 g/mol. The number of carbonyl (C=O) groups excluding carboxylic acids is 1. The van der Waals surface area contributed by atoms with Crippen LogP contribution in [0.4, 0.5) is 0 Å². The third kappa shape index (κ3) is 3.07. The van der Waals surface area contributed by atoms with Crippen LogP contribution in [0.5, 0.6) is 0 Å². The molecule has 0 spiro atoms. The van der Waals surface area contributed by atoms with E-state index in [9.17, 15) is 9.59 Å². The number of rotatable bonds is 5. The molecule has 5 nitrogen and oxygen atoms in total. The Kier molecular flexibility index (Phi) is 4.34. The summed E-state index contributed by atoms with van der Waals surface area (Å²) in [6.45, 7) is 1.000. The second kappa shape index (κ2) is 6.42. The Morgan fingerprint density at radius 3 is 2.65 bits per heavy atom. The van der Waals surface area contributed by atoms with Gasteiger partial charge in [-0.05, 0) is 34.5 Å². The smallest absolute Gasteiger partial charge is 0.328 e. The van der Waals surface area contributed by atoms with Gasteiger partial charge in [0.2, 0.25) is 5.91 Å². The van der Waals surface area contributed by atoms with Crippen molar-refractivity contribution in [3.8, 4) is 0 Å². The first kappa shape index (κ1) is 15.6.